The van der Waals surface area contributed by atoms with Gasteiger partial charge in [-0.05, 0) is 25.0 Å². The first-order valence-corrected chi connectivity index (χ1v) is 6.15. The molecule has 1 N–H and O–H groups in total. The van der Waals surface area contributed by atoms with Crippen LogP contribution in [0, 0.1) is 11.7 Å². The summed E-state index contributed by atoms with van der Waals surface area (Å²) >= 11 is 5.60. The average Bonchev–Trinajstić information content (AvgIpc) is 2.30. The molecule has 1 rings (SSSR count). The molecule has 18 heavy (non-hydrogen) atoms. The van der Waals surface area contributed by atoms with Crippen LogP contribution in [0.15, 0.2) is 18.2 Å². The Bertz CT molecular complexity index is 423. The fourth-order valence-corrected chi connectivity index (χ4v) is 1.35. The Kier molecular flexibility index (Phi) is 5.41. The Morgan fingerprint density at radius 2 is 2.11 bits per heavy atom. The molecule has 0 fully saturated rings. The van der Waals surface area contributed by atoms with E-state index in [4.69, 9.17) is 16.3 Å². The van der Waals surface area contributed by atoms with Gasteiger partial charge in [-0.2, -0.15) is 0 Å². The number of amides is 1. The van der Waals surface area contributed by atoms with Crippen LogP contribution < -0.4 is 10.1 Å². The van der Waals surface area contributed by atoms with Crippen molar-refractivity contribution in [3.05, 3.63) is 29.0 Å². The zero-order valence-electron chi connectivity index (χ0n) is 10.7. The molecule has 0 bridgehead atoms. The van der Waals surface area contributed by atoms with Gasteiger partial charge in [0.05, 0.1) is 5.02 Å². The van der Waals surface area contributed by atoms with Gasteiger partial charge in [0.2, 0.25) is 0 Å². The molecule has 100 valence electrons. The molecule has 1 aromatic carbocycles. The molecule has 0 aliphatic carbocycles. The van der Waals surface area contributed by atoms with E-state index in [-0.39, 0.29) is 23.6 Å². The number of hydrogen-bond acceptors (Lipinski definition) is 2. The number of hydrogen-bond donors (Lipinski definition) is 1. The largest absolute Gasteiger partial charge is 0.484 e. The summed E-state index contributed by atoms with van der Waals surface area (Å²) in [6.45, 7) is 5.85. The van der Waals surface area contributed by atoms with Crippen LogP contribution in [-0.2, 0) is 4.79 Å². The molecule has 3 nitrogen and oxygen atoms in total. The Hall–Kier alpha value is -1.29. The molecular formula is C13H17ClFNO2. The summed E-state index contributed by atoms with van der Waals surface area (Å²) in [5.41, 5.74) is 0. The maximum Gasteiger partial charge on any atom is 0.258 e. The minimum absolute atomic E-state index is 0.0246. The average molecular weight is 274 g/mol. The van der Waals surface area contributed by atoms with Crippen molar-refractivity contribution in [2.75, 3.05) is 6.61 Å². The first-order chi connectivity index (χ1) is 8.40. The zero-order valence-corrected chi connectivity index (χ0v) is 11.4. The van der Waals surface area contributed by atoms with Gasteiger partial charge >= 0.3 is 0 Å². The van der Waals surface area contributed by atoms with E-state index in [1.165, 1.54) is 18.2 Å². The summed E-state index contributed by atoms with van der Waals surface area (Å²) in [6, 6.07) is 4.06. The van der Waals surface area contributed by atoms with Crippen molar-refractivity contribution in [3.63, 3.8) is 0 Å². The van der Waals surface area contributed by atoms with E-state index in [1.807, 2.05) is 20.8 Å². The second-order valence-electron chi connectivity index (χ2n) is 4.46. The van der Waals surface area contributed by atoms with Crippen molar-refractivity contribution in [1.29, 1.82) is 0 Å². The Morgan fingerprint density at radius 1 is 1.44 bits per heavy atom. The molecule has 0 saturated carbocycles. The van der Waals surface area contributed by atoms with Gasteiger partial charge < -0.3 is 10.1 Å². The third kappa shape index (κ3) is 4.53. The second-order valence-corrected chi connectivity index (χ2v) is 4.87. The van der Waals surface area contributed by atoms with Gasteiger partial charge in [0.25, 0.3) is 5.91 Å². The molecule has 1 aromatic rings. The SMILES string of the molecule is CC(C)C(C)NC(=O)COc1ccc(F)c(Cl)c1. The van der Waals surface area contributed by atoms with E-state index in [1.54, 1.807) is 0 Å². The molecule has 5 heteroatoms. The van der Waals surface area contributed by atoms with E-state index in [0.29, 0.717) is 11.7 Å². The highest BCUT2D eigenvalue weighted by molar-refractivity contribution is 6.30. The van der Waals surface area contributed by atoms with Gasteiger partial charge in [0, 0.05) is 12.1 Å². The highest BCUT2D eigenvalue weighted by Crippen LogP contribution is 2.20. The molecule has 1 atom stereocenters. The van der Waals surface area contributed by atoms with Crippen LogP contribution >= 0.6 is 11.6 Å². The first-order valence-electron chi connectivity index (χ1n) is 5.77. The number of rotatable bonds is 5. The molecule has 0 aromatic heterocycles. The fourth-order valence-electron chi connectivity index (χ4n) is 1.18. The monoisotopic (exact) mass is 273 g/mol. The van der Waals surface area contributed by atoms with E-state index in [9.17, 15) is 9.18 Å². The lowest BCUT2D eigenvalue weighted by Crippen LogP contribution is -2.38. The minimum atomic E-state index is -0.512. The van der Waals surface area contributed by atoms with Crippen molar-refractivity contribution < 1.29 is 13.9 Å². The standard InChI is InChI=1S/C13H17ClFNO2/c1-8(2)9(3)16-13(17)7-18-10-4-5-12(15)11(14)6-10/h4-6,8-9H,7H2,1-3H3,(H,16,17). The van der Waals surface area contributed by atoms with Crippen LogP contribution in [0.25, 0.3) is 0 Å². The van der Waals surface area contributed by atoms with Gasteiger partial charge in [-0.15, -0.1) is 0 Å². The van der Waals surface area contributed by atoms with Crippen molar-refractivity contribution in [1.82, 2.24) is 5.32 Å². The summed E-state index contributed by atoms with van der Waals surface area (Å²) in [6.07, 6.45) is 0. The third-order valence-electron chi connectivity index (χ3n) is 2.65. The molecule has 1 amide bonds. The molecule has 0 aliphatic rings. The molecule has 0 saturated heterocycles. The van der Waals surface area contributed by atoms with Crippen molar-refractivity contribution >= 4 is 17.5 Å². The molecule has 1 unspecified atom stereocenters. The number of ether oxygens (including phenoxy) is 1. The first kappa shape index (κ1) is 14.8. The Morgan fingerprint density at radius 3 is 2.67 bits per heavy atom. The summed E-state index contributed by atoms with van der Waals surface area (Å²) in [7, 11) is 0. The number of halogens is 2. The highest BCUT2D eigenvalue weighted by atomic mass is 35.5. The van der Waals surface area contributed by atoms with Crippen LogP contribution in [0.1, 0.15) is 20.8 Å². The molecule has 0 spiro atoms. The van der Waals surface area contributed by atoms with E-state index >= 15 is 0 Å². The molecular weight excluding hydrogens is 257 g/mol. The number of benzene rings is 1. The predicted molar refractivity (Wildman–Crippen MR) is 69.3 cm³/mol. The zero-order chi connectivity index (χ0) is 13.7. The van der Waals surface area contributed by atoms with Crippen LogP contribution in [0.3, 0.4) is 0 Å². The van der Waals surface area contributed by atoms with E-state index < -0.39 is 5.82 Å². The van der Waals surface area contributed by atoms with Crippen LogP contribution in [-0.4, -0.2) is 18.6 Å². The van der Waals surface area contributed by atoms with Crippen molar-refractivity contribution in [2.24, 2.45) is 5.92 Å². The van der Waals surface area contributed by atoms with Crippen molar-refractivity contribution in [2.45, 2.75) is 26.8 Å². The molecule has 0 aliphatic heterocycles. The summed E-state index contributed by atoms with van der Waals surface area (Å²) in [4.78, 5) is 11.5. The topological polar surface area (TPSA) is 38.3 Å². The lowest BCUT2D eigenvalue weighted by atomic mass is 10.1. The lowest BCUT2D eigenvalue weighted by Gasteiger charge is -2.17. The number of carbonyl (C=O) groups excluding carboxylic acids is 1. The maximum absolute atomic E-state index is 12.9. The van der Waals surface area contributed by atoms with Gasteiger partial charge in [-0.1, -0.05) is 25.4 Å². The number of carbonyl (C=O) groups is 1. The lowest BCUT2D eigenvalue weighted by molar-refractivity contribution is -0.124. The van der Waals surface area contributed by atoms with Gasteiger partial charge in [-0.3, -0.25) is 4.79 Å². The Balaban J connectivity index is 2.45. The van der Waals surface area contributed by atoms with Crippen molar-refractivity contribution in [3.8, 4) is 5.75 Å². The van der Waals surface area contributed by atoms with E-state index in [0.717, 1.165) is 0 Å². The van der Waals surface area contributed by atoms with E-state index in [2.05, 4.69) is 5.32 Å². The predicted octanol–water partition coefficient (Wildman–Crippen LogP) is 3.02. The van der Waals surface area contributed by atoms with Crippen LogP contribution in [0.2, 0.25) is 5.02 Å². The van der Waals surface area contributed by atoms with Gasteiger partial charge in [0.1, 0.15) is 11.6 Å². The quantitative estimate of drug-likeness (QED) is 0.896. The fraction of sp³-hybridized carbons (Fsp3) is 0.462. The second kappa shape index (κ2) is 6.59. The highest BCUT2D eigenvalue weighted by Gasteiger charge is 2.11. The molecule has 0 radical (unpaired) electrons. The minimum Gasteiger partial charge on any atom is -0.484 e. The third-order valence-corrected chi connectivity index (χ3v) is 2.94. The summed E-state index contributed by atoms with van der Waals surface area (Å²) in [5, 5.41) is 2.78. The normalized spacial score (nSPS) is 12.3. The molecule has 0 heterocycles. The summed E-state index contributed by atoms with van der Waals surface area (Å²) in [5.74, 6) is 0.00140. The van der Waals surface area contributed by atoms with Gasteiger partial charge in [-0.25, -0.2) is 4.39 Å². The summed E-state index contributed by atoms with van der Waals surface area (Å²) < 4.78 is 18.1. The van der Waals surface area contributed by atoms with Gasteiger partial charge in [0.15, 0.2) is 6.61 Å². The Labute approximate surface area is 111 Å². The maximum atomic E-state index is 12.9. The van der Waals surface area contributed by atoms with Crippen LogP contribution in [0.4, 0.5) is 4.39 Å². The smallest absolute Gasteiger partial charge is 0.258 e. The number of nitrogens with one attached hydrogen (secondary N) is 1. The van der Waals surface area contributed by atoms with Crippen LogP contribution in [0.5, 0.6) is 5.75 Å².